The maximum atomic E-state index is 13.7. The van der Waals surface area contributed by atoms with Crippen LogP contribution in [0, 0.1) is 0 Å². The molecule has 0 unspecified atom stereocenters. The molecular weight excluding hydrogens is 468 g/mol. The molecule has 2 aromatic carbocycles. The molecule has 0 spiro atoms. The predicted molar refractivity (Wildman–Crippen MR) is 144 cm³/mol. The van der Waals surface area contributed by atoms with Crippen molar-refractivity contribution < 1.29 is 9.59 Å². The topological polar surface area (TPSA) is 99.8 Å². The zero-order chi connectivity index (χ0) is 25.5. The first kappa shape index (κ1) is 23.7. The molecule has 6 rings (SSSR count). The van der Waals surface area contributed by atoms with Crippen LogP contribution < -0.4 is 15.6 Å². The number of hydrogen-bond acceptors (Lipinski definition) is 7. The van der Waals surface area contributed by atoms with Crippen molar-refractivity contribution in [3.8, 4) is 22.5 Å². The van der Waals surface area contributed by atoms with Crippen LogP contribution in [0.15, 0.2) is 42.5 Å². The Bertz CT molecular complexity index is 1320. The molecule has 2 fully saturated rings. The molecular formula is C27H32N8O2. The van der Waals surface area contributed by atoms with Gasteiger partial charge in [-0.05, 0) is 32.3 Å². The average molecular weight is 501 g/mol. The van der Waals surface area contributed by atoms with E-state index in [9.17, 15) is 9.59 Å². The second-order valence-corrected chi connectivity index (χ2v) is 10.1. The van der Waals surface area contributed by atoms with E-state index >= 15 is 0 Å². The van der Waals surface area contributed by atoms with Crippen molar-refractivity contribution in [2.45, 2.75) is 0 Å². The summed E-state index contributed by atoms with van der Waals surface area (Å²) >= 11 is 0. The molecule has 1 aromatic heterocycles. The number of nitrogens with zero attached hydrogens (tertiary/aromatic N) is 5. The lowest BCUT2D eigenvalue weighted by molar-refractivity contribution is 0.104. The highest BCUT2D eigenvalue weighted by Crippen LogP contribution is 2.43. The quantitative estimate of drug-likeness (QED) is 0.396. The van der Waals surface area contributed by atoms with E-state index in [1.54, 1.807) is 6.07 Å². The van der Waals surface area contributed by atoms with Crippen LogP contribution in [-0.4, -0.2) is 103 Å². The number of rotatable bonds is 4. The number of piperazine rings is 2. The van der Waals surface area contributed by atoms with Crippen molar-refractivity contribution in [2.24, 2.45) is 0 Å². The normalized spacial score (nSPS) is 18.5. The zero-order valence-corrected chi connectivity index (χ0v) is 21.3. The Balaban J connectivity index is 1.21. The number of anilines is 2. The van der Waals surface area contributed by atoms with Gasteiger partial charge in [0.2, 0.25) is 0 Å². The number of carbonyl (C=O) groups excluding carboxylic acids is 2. The maximum absolute atomic E-state index is 13.7. The summed E-state index contributed by atoms with van der Waals surface area (Å²) in [5, 5.41) is 12.4. The van der Waals surface area contributed by atoms with Gasteiger partial charge in [0.15, 0.2) is 5.78 Å². The Morgan fingerprint density at radius 1 is 0.865 bits per heavy atom. The first-order chi connectivity index (χ1) is 18.0. The summed E-state index contributed by atoms with van der Waals surface area (Å²) in [4.78, 5) is 33.3. The summed E-state index contributed by atoms with van der Waals surface area (Å²) in [6, 6.07) is 13.4. The number of benzene rings is 2. The van der Waals surface area contributed by atoms with Gasteiger partial charge in [-0.1, -0.05) is 24.3 Å². The minimum Gasteiger partial charge on any atom is -0.369 e. The van der Waals surface area contributed by atoms with Gasteiger partial charge < -0.3 is 20.0 Å². The van der Waals surface area contributed by atoms with Gasteiger partial charge in [-0.3, -0.25) is 15.3 Å². The summed E-state index contributed by atoms with van der Waals surface area (Å²) in [5.41, 5.74) is 8.59. The fourth-order valence-electron chi connectivity index (χ4n) is 5.31. The fourth-order valence-corrected chi connectivity index (χ4v) is 5.31. The Morgan fingerprint density at radius 3 is 2.24 bits per heavy atom. The Labute approximate surface area is 216 Å². The molecule has 37 heavy (non-hydrogen) atoms. The number of H-pyrrole nitrogens is 1. The van der Waals surface area contributed by atoms with Crippen LogP contribution in [0.2, 0.25) is 0 Å². The molecule has 0 atom stereocenters. The number of hydrogen-bond donors (Lipinski definition) is 3. The second-order valence-electron chi connectivity index (χ2n) is 10.1. The lowest BCUT2D eigenvalue weighted by Gasteiger charge is -2.34. The van der Waals surface area contributed by atoms with Crippen molar-refractivity contribution in [1.82, 2.24) is 30.4 Å². The molecule has 10 nitrogen and oxygen atoms in total. The minimum absolute atomic E-state index is 0.132. The van der Waals surface area contributed by atoms with Crippen molar-refractivity contribution >= 4 is 23.2 Å². The van der Waals surface area contributed by atoms with E-state index in [-0.39, 0.29) is 11.8 Å². The van der Waals surface area contributed by atoms with Gasteiger partial charge in [-0.2, -0.15) is 5.10 Å². The van der Waals surface area contributed by atoms with Gasteiger partial charge in [-0.15, -0.1) is 0 Å². The summed E-state index contributed by atoms with van der Waals surface area (Å²) in [7, 11) is 4.21. The highest BCUT2D eigenvalue weighted by atomic mass is 16.2. The molecule has 3 N–H and O–H groups in total. The monoisotopic (exact) mass is 500 g/mol. The van der Waals surface area contributed by atoms with Crippen molar-refractivity contribution in [3.63, 3.8) is 0 Å². The molecule has 10 heteroatoms. The van der Waals surface area contributed by atoms with E-state index in [0.717, 1.165) is 63.5 Å². The highest BCUT2D eigenvalue weighted by Gasteiger charge is 2.35. The molecule has 3 heterocycles. The van der Waals surface area contributed by atoms with E-state index in [1.165, 1.54) is 5.69 Å². The number of likely N-dealkylation sites (N-methyl/N-ethyl adjacent to an activating group) is 2. The number of amides is 2. The molecule has 0 saturated carbocycles. The lowest BCUT2D eigenvalue weighted by Crippen LogP contribution is -2.53. The standard InChI is InChI=1S/C27H32N8O2/c1-32-10-14-34(15-11-32)19-8-6-18(7-9-19)24-23-25(30-29-24)20-4-3-5-21(22(20)26(23)36)28-27(37)31-35-16-12-33(2)13-17-35/h3-9H,10-17H2,1-2H3,(H,29,30)(H2,28,31,37). The molecule has 2 aliphatic heterocycles. The number of aromatic nitrogens is 2. The van der Waals surface area contributed by atoms with E-state index in [1.807, 2.05) is 29.3 Å². The molecule has 3 aromatic rings. The van der Waals surface area contributed by atoms with Gasteiger partial charge >= 0.3 is 6.03 Å². The number of fused-ring (bicyclic) bond motifs is 3. The SMILES string of the molecule is CN1CCN(NC(=O)Nc2cccc3c2C(=O)c2c(-c4ccc(N5CCN(C)CC5)cc4)n[nH]c2-3)CC1. The van der Waals surface area contributed by atoms with E-state index < -0.39 is 0 Å². The summed E-state index contributed by atoms with van der Waals surface area (Å²) < 4.78 is 0. The van der Waals surface area contributed by atoms with Crippen LogP contribution in [0.3, 0.4) is 0 Å². The van der Waals surface area contributed by atoms with E-state index in [2.05, 4.69) is 61.9 Å². The fraction of sp³-hybridized carbons (Fsp3) is 0.370. The smallest absolute Gasteiger partial charge is 0.333 e. The molecule has 2 amide bonds. The first-order valence-electron chi connectivity index (χ1n) is 12.8. The lowest BCUT2D eigenvalue weighted by atomic mass is 10.0. The Morgan fingerprint density at radius 2 is 1.54 bits per heavy atom. The van der Waals surface area contributed by atoms with Crippen molar-refractivity contribution in [3.05, 3.63) is 53.6 Å². The number of ketones is 1. The minimum atomic E-state index is -0.348. The second kappa shape index (κ2) is 9.62. The third kappa shape index (κ3) is 4.48. The first-order valence-corrected chi connectivity index (χ1v) is 12.8. The van der Waals surface area contributed by atoms with Crippen LogP contribution in [0.5, 0.6) is 0 Å². The van der Waals surface area contributed by atoms with Gasteiger partial charge in [0.1, 0.15) is 5.69 Å². The van der Waals surface area contributed by atoms with Crippen LogP contribution in [0.1, 0.15) is 15.9 Å². The van der Waals surface area contributed by atoms with Crippen LogP contribution >= 0.6 is 0 Å². The number of urea groups is 1. The van der Waals surface area contributed by atoms with Crippen LogP contribution in [-0.2, 0) is 0 Å². The van der Waals surface area contributed by atoms with E-state index in [4.69, 9.17) is 0 Å². The molecule has 3 aliphatic rings. The number of aromatic amines is 1. The summed E-state index contributed by atoms with van der Waals surface area (Å²) in [6.07, 6.45) is 0. The number of nitrogens with one attached hydrogen (secondary N) is 3. The Kier molecular flexibility index (Phi) is 6.15. The largest absolute Gasteiger partial charge is 0.369 e. The summed E-state index contributed by atoms with van der Waals surface area (Å²) in [5.74, 6) is -0.132. The third-order valence-corrected chi connectivity index (χ3v) is 7.57. The van der Waals surface area contributed by atoms with Crippen LogP contribution in [0.25, 0.3) is 22.5 Å². The van der Waals surface area contributed by atoms with Crippen molar-refractivity contribution in [2.75, 3.05) is 76.7 Å². The third-order valence-electron chi connectivity index (χ3n) is 7.57. The van der Waals surface area contributed by atoms with Gasteiger partial charge in [0.25, 0.3) is 0 Å². The van der Waals surface area contributed by atoms with Gasteiger partial charge in [-0.25, -0.2) is 9.80 Å². The highest BCUT2D eigenvalue weighted by molar-refractivity contribution is 6.26. The predicted octanol–water partition coefficient (Wildman–Crippen LogP) is 2.32. The average Bonchev–Trinajstić information content (AvgIpc) is 3.46. The molecule has 0 bridgehead atoms. The molecule has 1 aliphatic carbocycles. The maximum Gasteiger partial charge on any atom is 0.333 e. The molecule has 2 saturated heterocycles. The Hall–Kier alpha value is -3.73. The van der Waals surface area contributed by atoms with E-state index in [0.29, 0.717) is 28.2 Å². The van der Waals surface area contributed by atoms with Crippen molar-refractivity contribution in [1.29, 1.82) is 0 Å². The van der Waals surface area contributed by atoms with Gasteiger partial charge in [0.05, 0.1) is 22.5 Å². The number of carbonyl (C=O) groups is 2. The summed E-state index contributed by atoms with van der Waals surface area (Å²) in [6.45, 7) is 7.38. The number of hydrazine groups is 1. The zero-order valence-electron chi connectivity index (χ0n) is 21.3. The van der Waals surface area contributed by atoms with Gasteiger partial charge in [0, 0.05) is 69.2 Å². The molecule has 192 valence electrons. The molecule has 0 radical (unpaired) electrons. The van der Waals surface area contributed by atoms with Crippen LogP contribution in [0.4, 0.5) is 16.2 Å².